The summed E-state index contributed by atoms with van der Waals surface area (Å²) in [6.45, 7) is 2.35. The van der Waals surface area contributed by atoms with Crippen LogP contribution in [0.4, 0.5) is 0 Å². The zero-order valence-electron chi connectivity index (χ0n) is 16.0. The van der Waals surface area contributed by atoms with E-state index in [0.717, 1.165) is 45.2 Å². The summed E-state index contributed by atoms with van der Waals surface area (Å²) >= 11 is 6.24. The number of carbonyl (C=O) groups excluding carboxylic acids is 2. The molecule has 0 bridgehead atoms. The maximum absolute atomic E-state index is 12.3. The highest BCUT2D eigenvalue weighted by Gasteiger charge is 2.17. The molecule has 0 radical (unpaired) electrons. The topological polar surface area (TPSA) is 65.1 Å². The molecule has 0 spiro atoms. The van der Waals surface area contributed by atoms with Crippen LogP contribution in [0.2, 0.25) is 5.02 Å². The lowest BCUT2D eigenvalue weighted by Gasteiger charge is -2.24. The van der Waals surface area contributed by atoms with Gasteiger partial charge in [-0.15, -0.1) is 0 Å². The first kappa shape index (κ1) is 20.5. The highest BCUT2D eigenvalue weighted by atomic mass is 35.5. The highest BCUT2D eigenvalue weighted by molar-refractivity contribution is 6.32. The summed E-state index contributed by atoms with van der Waals surface area (Å²) in [6.07, 6.45) is 9.18. The van der Waals surface area contributed by atoms with Gasteiger partial charge in [0.1, 0.15) is 0 Å². The number of hydrogen-bond donors (Lipinski definition) is 0. The second-order valence-corrected chi connectivity index (χ2v) is 7.38. The van der Waals surface area contributed by atoms with Gasteiger partial charge in [0.2, 0.25) is 0 Å². The Labute approximate surface area is 170 Å². The van der Waals surface area contributed by atoms with Crippen molar-refractivity contribution < 1.29 is 23.8 Å². The Balaban J connectivity index is 1.53. The molecule has 2 aliphatic heterocycles. The van der Waals surface area contributed by atoms with Crippen molar-refractivity contribution in [2.45, 2.75) is 38.5 Å². The Morgan fingerprint density at radius 1 is 1.04 bits per heavy atom. The van der Waals surface area contributed by atoms with E-state index >= 15 is 0 Å². The number of fused-ring (bicyclic) bond motifs is 1. The third-order valence-electron chi connectivity index (χ3n) is 4.78. The van der Waals surface area contributed by atoms with Crippen LogP contribution in [0.1, 0.15) is 44.1 Å². The fourth-order valence-corrected chi connectivity index (χ4v) is 3.55. The Bertz CT molecular complexity index is 726. The molecule has 0 unspecified atom stereocenters. The maximum Gasteiger partial charge on any atom is 0.331 e. The third kappa shape index (κ3) is 5.89. The van der Waals surface area contributed by atoms with Crippen LogP contribution in [0.25, 0.3) is 6.08 Å². The number of likely N-dealkylation sites (tertiary alicyclic amines) is 1. The van der Waals surface area contributed by atoms with Crippen LogP contribution in [0.3, 0.4) is 0 Å². The largest absolute Gasteiger partial charge is 0.489 e. The molecule has 0 N–H and O–H groups in total. The van der Waals surface area contributed by atoms with E-state index in [-0.39, 0.29) is 12.5 Å². The van der Waals surface area contributed by atoms with Crippen molar-refractivity contribution in [3.63, 3.8) is 0 Å². The molecule has 1 amide bonds. The highest BCUT2D eigenvalue weighted by Crippen LogP contribution is 2.38. The first-order valence-electron chi connectivity index (χ1n) is 9.85. The second-order valence-electron chi connectivity index (χ2n) is 6.97. The van der Waals surface area contributed by atoms with Crippen LogP contribution >= 0.6 is 11.6 Å². The van der Waals surface area contributed by atoms with E-state index in [9.17, 15) is 9.59 Å². The fourth-order valence-electron chi connectivity index (χ4n) is 3.28. The van der Waals surface area contributed by atoms with Gasteiger partial charge in [-0.05, 0) is 36.6 Å². The lowest BCUT2D eigenvalue weighted by Crippen LogP contribution is -2.36. The van der Waals surface area contributed by atoms with Gasteiger partial charge in [-0.3, -0.25) is 4.79 Å². The van der Waals surface area contributed by atoms with Gasteiger partial charge in [0.25, 0.3) is 5.91 Å². The average molecular weight is 408 g/mol. The predicted octanol–water partition coefficient (Wildman–Crippen LogP) is 3.85. The minimum absolute atomic E-state index is 0.137. The summed E-state index contributed by atoms with van der Waals surface area (Å²) in [5.74, 6) is 0.383. The van der Waals surface area contributed by atoms with E-state index in [1.54, 1.807) is 23.1 Å². The van der Waals surface area contributed by atoms with Crippen LogP contribution in [0, 0.1) is 0 Å². The van der Waals surface area contributed by atoms with E-state index in [2.05, 4.69) is 0 Å². The number of rotatable bonds is 4. The van der Waals surface area contributed by atoms with Crippen LogP contribution in [0.5, 0.6) is 11.5 Å². The van der Waals surface area contributed by atoms with E-state index in [0.29, 0.717) is 35.3 Å². The summed E-state index contributed by atoms with van der Waals surface area (Å²) in [5.41, 5.74) is 0.696. The molecule has 28 heavy (non-hydrogen) atoms. The van der Waals surface area contributed by atoms with Gasteiger partial charge < -0.3 is 19.1 Å². The van der Waals surface area contributed by atoms with Crippen molar-refractivity contribution in [3.8, 4) is 11.5 Å². The average Bonchev–Trinajstić information content (AvgIpc) is 2.90. The number of benzene rings is 1. The lowest BCUT2D eigenvalue weighted by molar-refractivity contribution is -0.148. The van der Waals surface area contributed by atoms with E-state index in [1.165, 1.54) is 12.5 Å². The lowest BCUT2D eigenvalue weighted by atomic mass is 10.1. The normalized spacial score (nSPS) is 17.5. The summed E-state index contributed by atoms with van der Waals surface area (Å²) in [4.78, 5) is 26.0. The molecule has 152 valence electrons. The predicted molar refractivity (Wildman–Crippen MR) is 107 cm³/mol. The van der Waals surface area contributed by atoms with Gasteiger partial charge in [0, 0.05) is 25.6 Å². The third-order valence-corrected chi connectivity index (χ3v) is 5.06. The fraction of sp³-hybridized carbons (Fsp3) is 0.524. The first-order chi connectivity index (χ1) is 13.6. The molecule has 0 aromatic heterocycles. The van der Waals surface area contributed by atoms with Crippen LogP contribution in [0.15, 0.2) is 18.2 Å². The van der Waals surface area contributed by atoms with Gasteiger partial charge in [-0.1, -0.05) is 30.9 Å². The van der Waals surface area contributed by atoms with Crippen molar-refractivity contribution in [3.05, 3.63) is 28.8 Å². The zero-order chi connectivity index (χ0) is 19.8. The Morgan fingerprint density at radius 3 is 2.54 bits per heavy atom. The molecule has 6 nitrogen and oxygen atoms in total. The molecule has 0 aliphatic carbocycles. The van der Waals surface area contributed by atoms with Gasteiger partial charge in [-0.2, -0.15) is 0 Å². The quantitative estimate of drug-likeness (QED) is 0.560. The van der Waals surface area contributed by atoms with Crippen LogP contribution < -0.4 is 9.47 Å². The molecule has 0 saturated carbocycles. The second kappa shape index (κ2) is 10.4. The van der Waals surface area contributed by atoms with Gasteiger partial charge in [0.15, 0.2) is 18.1 Å². The molecule has 2 heterocycles. The van der Waals surface area contributed by atoms with Crippen LogP contribution in [-0.4, -0.2) is 49.7 Å². The van der Waals surface area contributed by atoms with E-state index in [1.807, 2.05) is 0 Å². The molecular formula is C21H26ClNO5. The molecule has 1 aromatic rings. The Kier molecular flexibility index (Phi) is 7.60. The molecule has 3 rings (SSSR count). The van der Waals surface area contributed by atoms with Crippen molar-refractivity contribution in [1.82, 2.24) is 4.90 Å². The summed E-state index contributed by atoms with van der Waals surface area (Å²) in [6, 6.07) is 3.46. The zero-order valence-corrected chi connectivity index (χ0v) is 16.7. The molecule has 7 heteroatoms. The van der Waals surface area contributed by atoms with Crippen LogP contribution in [-0.2, 0) is 14.3 Å². The summed E-state index contributed by atoms with van der Waals surface area (Å²) < 4.78 is 16.3. The Hall–Kier alpha value is -2.21. The van der Waals surface area contributed by atoms with Crippen molar-refractivity contribution in [2.75, 3.05) is 32.9 Å². The molecule has 1 fully saturated rings. The minimum atomic E-state index is -0.566. The molecule has 1 saturated heterocycles. The number of hydrogen-bond acceptors (Lipinski definition) is 5. The monoisotopic (exact) mass is 407 g/mol. The Morgan fingerprint density at radius 2 is 1.75 bits per heavy atom. The van der Waals surface area contributed by atoms with Gasteiger partial charge in [-0.25, -0.2) is 4.79 Å². The number of carbonyl (C=O) groups is 2. The van der Waals surface area contributed by atoms with E-state index in [4.69, 9.17) is 25.8 Å². The number of halogens is 1. The number of amides is 1. The van der Waals surface area contributed by atoms with Crippen molar-refractivity contribution in [2.24, 2.45) is 0 Å². The minimum Gasteiger partial charge on any atom is -0.489 e. The standard InChI is InChI=1S/C21H26ClNO5/c22-17-13-16(14-18-21(17)27-12-6-11-26-18)7-8-20(25)28-15-19(24)23-9-4-2-1-3-5-10-23/h7-8,13-14H,1-6,9-12,15H2/b8-7+. The molecular weight excluding hydrogens is 382 g/mol. The van der Waals surface area contributed by atoms with Crippen molar-refractivity contribution >= 4 is 29.6 Å². The van der Waals surface area contributed by atoms with Crippen molar-refractivity contribution in [1.29, 1.82) is 0 Å². The summed E-state index contributed by atoms with van der Waals surface area (Å²) in [7, 11) is 0. The SMILES string of the molecule is O=C(/C=C/c1cc(Cl)c2c(c1)OCCCO2)OCC(=O)N1CCCCCCC1. The van der Waals surface area contributed by atoms with Gasteiger partial charge >= 0.3 is 5.97 Å². The summed E-state index contributed by atoms with van der Waals surface area (Å²) in [5, 5.41) is 0.430. The van der Waals surface area contributed by atoms with Gasteiger partial charge in [0.05, 0.1) is 18.2 Å². The molecule has 2 aliphatic rings. The number of ether oxygens (including phenoxy) is 3. The number of esters is 1. The maximum atomic E-state index is 12.3. The molecule has 0 atom stereocenters. The smallest absolute Gasteiger partial charge is 0.331 e. The van der Waals surface area contributed by atoms with E-state index < -0.39 is 5.97 Å². The molecule has 1 aromatic carbocycles. The first-order valence-corrected chi connectivity index (χ1v) is 10.2. The number of nitrogens with zero attached hydrogens (tertiary/aromatic N) is 1.